The fourth-order valence-electron chi connectivity index (χ4n) is 2.41. The fourth-order valence-corrected chi connectivity index (χ4v) is 3.25. The maximum absolute atomic E-state index is 12.3. The second kappa shape index (κ2) is 9.09. The summed E-state index contributed by atoms with van der Waals surface area (Å²) in [5.41, 5.74) is 1.40. The van der Waals surface area contributed by atoms with Crippen molar-refractivity contribution in [1.29, 1.82) is 0 Å². The van der Waals surface area contributed by atoms with Crippen LogP contribution in [0.2, 0.25) is 0 Å². The van der Waals surface area contributed by atoms with E-state index in [1.54, 1.807) is 43.5 Å². The third-order valence-electron chi connectivity index (χ3n) is 3.70. The molecule has 0 atom stereocenters. The normalized spacial score (nSPS) is 16.2. The average molecular weight is 398 g/mol. The van der Waals surface area contributed by atoms with E-state index in [1.165, 1.54) is 11.8 Å². The molecule has 1 aliphatic heterocycles. The third-order valence-corrected chi connectivity index (χ3v) is 4.61. The molecule has 0 aromatic heterocycles. The van der Waals surface area contributed by atoms with Crippen molar-refractivity contribution in [3.8, 4) is 11.5 Å². The van der Waals surface area contributed by atoms with Crippen molar-refractivity contribution >= 4 is 40.6 Å². The van der Waals surface area contributed by atoms with Crippen molar-refractivity contribution in [3.05, 3.63) is 59.0 Å². The van der Waals surface area contributed by atoms with Crippen LogP contribution in [0.1, 0.15) is 12.0 Å². The quantitative estimate of drug-likeness (QED) is 0.694. The van der Waals surface area contributed by atoms with E-state index in [0.29, 0.717) is 27.3 Å². The lowest BCUT2D eigenvalue weighted by Crippen LogP contribution is -2.19. The Morgan fingerprint density at radius 1 is 1.25 bits per heavy atom. The molecule has 144 valence electrons. The number of thioether (sulfide) groups is 1. The van der Waals surface area contributed by atoms with Crippen LogP contribution in [0.25, 0.3) is 6.08 Å². The molecule has 1 saturated heterocycles. The lowest BCUT2D eigenvalue weighted by molar-refractivity contribution is -0.137. The molecule has 2 N–H and O–H groups in total. The lowest BCUT2D eigenvalue weighted by Gasteiger charge is -2.05. The van der Waals surface area contributed by atoms with E-state index < -0.39 is 5.97 Å². The maximum Gasteiger partial charge on any atom is 0.306 e. The molecule has 0 unspecified atom stereocenters. The number of nitrogens with zero attached hydrogens (tertiary/aromatic N) is 1. The van der Waals surface area contributed by atoms with Gasteiger partial charge in [-0.3, -0.25) is 9.59 Å². The van der Waals surface area contributed by atoms with Gasteiger partial charge < -0.3 is 19.9 Å². The fraction of sp³-hybridized carbons (Fsp3) is 0.150. The van der Waals surface area contributed by atoms with Crippen molar-refractivity contribution in [3.63, 3.8) is 0 Å². The minimum atomic E-state index is -0.917. The topological polar surface area (TPSA) is 97.2 Å². The molecule has 0 radical (unpaired) electrons. The number of ether oxygens (including phenoxy) is 2. The van der Waals surface area contributed by atoms with Gasteiger partial charge in [-0.15, -0.1) is 0 Å². The number of amidine groups is 1. The van der Waals surface area contributed by atoms with Crippen LogP contribution in [0.15, 0.2) is 58.4 Å². The molecule has 28 heavy (non-hydrogen) atoms. The molecule has 2 aromatic rings. The molecule has 0 aliphatic carbocycles. The first-order chi connectivity index (χ1) is 13.5. The number of amides is 1. The van der Waals surface area contributed by atoms with E-state index in [2.05, 4.69) is 10.3 Å². The van der Waals surface area contributed by atoms with E-state index in [0.717, 1.165) is 5.56 Å². The standard InChI is InChI=1S/C20H18N2O5S/c1-26-16-8-3-2-7-15(16)21-20-22-19(25)17(28-20)12-13-5-4-6-14(11-13)27-10-9-18(23)24/h2-8,11-12H,9-10H2,1H3,(H,23,24)(H,21,22,25)/b17-12+. The number of aliphatic imine (C=N–C) groups is 1. The number of hydrogen-bond donors (Lipinski definition) is 2. The number of benzene rings is 2. The number of methoxy groups -OCH3 is 1. The number of rotatable bonds is 7. The first-order valence-electron chi connectivity index (χ1n) is 8.42. The van der Waals surface area contributed by atoms with Crippen LogP contribution in [0, 0.1) is 0 Å². The Bertz CT molecular complexity index is 955. The van der Waals surface area contributed by atoms with Crippen molar-refractivity contribution in [1.82, 2.24) is 5.32 Å². The largest absolute Gasteiger partial charge is 0.494 e. The number of para-hydroxylation sites is 2. The Hall–Kier alpha value is -3.26. The molecular weight excluding hydrogens is 380 g/mol. The zero-order chi connectivity index (χ0) is 19.9. The van der Waals surface area contributed by atoms with Crippen LogP contribution >= 0.6 is 11.8 Å². The molecule has 7 nitrogen and oxygen atoms in total. The van der Waals surface area contributed by atoms with Gasteiger partial charge in [0.25, 0.3) is 5.91 Å². The zero-order valence-corrected chi connectivity index (χ0v) is 15.9. The maximum atomic E-state index is 12.3. The minimum Gasteiger partial charge on any atom is -0.494 e. The highest BCUT2D eigenvalue weighted by atomic mass is 32.2. The molecule has 0 bridgehead atoms. The first-order valence-corrected chi connectivity index (χ1v) is 9.24. The van der Waals surface area contributed by atoms with Crippen molar-refractivity contribution < 1.29 is 24.2 Å². The molecule has 1 fully saturated rings. The molecule has 8 heteroatoms. The van der Waals surface area contributed by atoms with Crippen LogP contribution in [-0.4, -0.2) is 35.9 Å². The van der Waals surface area contributed by atoms with Gasteiger partial charge in [0, 0.05) is 0 Å². The summed E-state index contributed by atoms with van der Waals surface area (Å²) in [6, 6.07) is 14.4. The van der Waals surface area contributed by atoms with Crippen molar-refractivity contribution in [2.75, 3.05) is 13.7 Å². The van der Waals surface area contributed by atoms with Gasteiger partial charge in [-0.25, -0.2) is 4.99 Å². The Morgan fingerprint density at radius 3 is 2.86 bits per heavy atom. The van der Waals surface area contributed by atoms with E-state index >= 15 is 0 Å². The number of carbonyl (C=O) groups is 2. The Labute approximate surface area is 166 Å². The average Bonchev–Trinajstić information content (AvgIpc) is 3.01. The van der Waals surface area contributed by atoms with Gasteiger partial charge >= 0.3 is 5.97 Å². The molecule has 1 aliphatic rings. The number of hydrogen-bond acceptors (Lipinski definition) is 6. The zero-order valence-electron chi connectivity index (χ0n) is 15.0. The van der Waals surface area contributed by atoms with Crippen LogP contribution in [-0.2, 0) is 9.59 Å². The number of carboxylic acid groups (broad SMARTS) is 1. The summed E-state index contributed by atoms with van der Waals surface area (Å²) in [7, 11) is 1.57. The smallest absolute Gasteiger partial charge is 0.306 e. The van der Waals surface area contributed by atoms with Gasteiger partial charge in [0.05, 0.1) is 25.0 Å². The molecular formula is C20H18N2O5S. The van der Waals surface area contributed by atoms with Crippen molar-refractivity contribution in [2.24, 2.45) is 4.99 Å². The van der Waals surface area contributed by atoms with Gasteiger partial charge in [0.15, 0.2) is 5.17 Å². The van der Waals surface area contributed by atoms with E-state index in [9.17, 15) is 9.59 Å². The molecule has 3 rings (SSSR count). The van der Waals surface area contributed by atoms with Gasteiger partial charge in [-0.05, 0) is 47.7 Å². The summed E-state index contributed by atoms with van der Waals surface area (Å²) >= 11 is 1.23. The summed E-state index contributed by atoms with van der Waals surface area (Å²) in [5, 5.41) is 11.9. The summed E-state index contributed by atoms with van der Waals surface area (Å²) in [4.78, 5) is 27.8. The van der Waals surface area contributed by atoms with Crippen LogP contribution in [0.4, 0.5) is 5.69 Å². The molecule has 0 spiro atoms. The van der Waals surface area contributed by atoms with Gasteiger partial charge in [0.1, 0.15) is 17.2 Å². The predicted octanol–water partition coefficient (Wildman–Crippen LogP) is 3.44. The molecule has 2 aromatic carbocycles. The Kier molecular flexibility index (Phi) is 6.33. The molecule has 0 saturated carbocycles. The highest BCUT2D eigenvalue weighted by molar-refractivity contribution is 8.18. The highest BCUT2D eigenvalue weighted by Crippen LogP contribution is 2.32. The number of nitrogens with one attached hydrogen (secondary N) is 1. The highest BCUT2D eigenvalue weighted by Gasteiger charge is 2.24. The predicted molar refractivity (Wildman–Crippen MR) is 108 cm³/mol. The van der Waals surface area contributed by atoms with E-state index in [-0.39, 0.29) is 18.9 Å². The SMILES string of the molecule is COc1ccccc1N=C1NC(=O)/C(=C\c2cccc(OCCC(=O)O)c2)S1. The van der Waals surface area contributed by atoms with Crippen LogP contribution in [0.5, 0.6) is 11.5 Å². The minimum absolute atomic E-state index is 0.0770. The second-order valence-electron chi connectivity index (χ2n) is 5.72. The van der Waals surface area contributed by atoms with Crippen molar-refractivity contribution in [2.45, 2.75) is 6.42 Å². The molecule has 1 amide bonds. The molecule has 1 heterocycles. The Morgan fingerprint density at radius 2 is 2.07 bits per heavy atom. The number of aliphatic carboxylic acids is 1. The second-order valence-corrected chi connectivity index (χ2v) is 6.75. The summed E-state index contributed by atoms with van der Waals surface area (Å²) in [6.45, 7) is 0.0836. The third kappa shape index (κ3) is 5.14. The van der Waals surface area contributed by atoms with E-state index in [4.69, 9.17) is 14.6 Å². The van der Waals surface area contributed by atoms with E-state index in [1.807, 2.05) is 18.2 Å². The number of carboxylic acids is 1. The lowest BCUT2D eigenvalue weighted by atomic mass is 10.2. The van der Waals surface area contributed by atoms with Gasteiger partial charge in [0.2, 0.25) is 0 Å². The Balaban J connectivity index is 1.74. The summed E-state index contributed by atoms with van der Waals surface area (Å²) in [6.07, 6.45) is 1.65. The van der Waals surface area contributed by atoms with Gasteiger partial charge in [-0.2, -0.15) is 0 Å². The summed E-state index contributed by atoms with van der Waals surface area (Å²) in [5.74, 6) is 0.00501. The summed E-state index contributed by atoms with van der Waals surface area (Å²) < 4.78 is 10.7. The van der Waals surface area contributed by atoms with Crippen LogP contribution < -0.4 is 14.8 Å². The number of carbonyl (C=O) groups excluding carboxylic acids is 1. The monoisotopic (exact) mass is 398 g/mol. The first kappa shape index (κ1) is 19.5. The van der Waals surface area contributed by atoms with Crippen LogP contribution in [0.3, 0.4) is 0 Å². The van der Waals surface area contributed by atoms with Gasteiger partial charge in [-0.1, -0.05) is 24.3 Å².